The molecule has 0 aromatic carbocycles. The van der Waals surface area contributed by atoms with Crippen LogP contribution in [0.5, 0.6) is 0 Å². The summed E-state index contributed by atoms with van der Waals surface area (Å²) < 4.78 is 1.16. The molecular weight excluding hydrogens is 208 g/mol. The predicted molar refractivity (Wildman–Crippen MR) is 31.6 cm³/mol. The van der Waals surface area contributed by atoms with Crippen LogP contribution in [0.1, 0.15) is 0 Å². The second-order valence-corrected chi connectivity index (χ2v) is 4.35. The predicted octanol–water partition coefficient (Wildman–Crippen LogP) is -1.30. The molecule has 0 saturated heterocycles. The number of hydrogen-bond acceptors (Lipinski definition) is 1. The van der Waals surface area contributed by atoms with Crippen molar-refractivity contribution in [1.29, 1.82) is 0 Å². The quantitative estimate of drug-likeness (QED) is 0.491. The average molecular weight is 215 g/mol. The van der Waals surface area contributed by atoms with E-state index in [1.807, 2.05) is 19.0 Å². The molecule has 0 aliphatic heterocycles. The van der Waals surface area contributed by atoms with Gasteiger partial charge in [0.25, 0.3) is 0 Å². The maximum atomic E-state index is 2.85. The van der Waals surface area contributed by atoms with Crippen molar-refractivity contribution in [2.75, 3.05) is 14.1 Å². The van der Waals surface area contributed by atoms with E-state index in [1.54, 1.807) is 0 Å². The summed E-state index contributed by atoms with van der Waals surface area (Å²) in [7, 11) is 3.98. The molecule has 0 fully saturated rings. The van der Waals surface area contributed by atoms with Crippen LogP contribution in [-0.4, -0.2) is 54.0 Å². The van der Waals surface area contributed by atoms with Crippen molar-refractivity contribution >= 4 is 35.0 Å². The van der Waals surface area contributed by atoms with E-state index >= 15 is 0 Å². The van der Waals surface area contributed by atoms with Gasteiger partial charge in [-0.15, -0.1) is 0 Å². The van der Waals surface area contributed by atoms with E-state index in [4.69, 9.17) is 0 Å². The molecule has 6 heavy (non-hydrogen) atoms. The summed E-state index contributed by atoms with van der Waals surface area (Å²) in [6, 6.07) is 0. The molecule has 0 radical (unpaired) electrons. The van der Waals surface area contributed by atoms with Crippen LogP contribution in [0.15, 0.2) is 0 Å². The first-order chi connectivity index (χ1) is 2.64. The molecule has 0 aromatic rings. The molecule has 0 spiro atoms. The van der Waals surface area contributed by atoms with Gasteiger partial charge in [0.1, 0.15) is 0 Å². The van der Waals surface area contributed by atoms with Gasteiger partial charge in [0, 0.05) is 0 Å². The Labute approximate surface area is 54.3 Å². The van der Waals surface area contributed by atoms with E-state index < -0.39 is 0 Å². The Balaban J connectivity index is 3.26. The van der Waals surface area contributed by atoms with Crippen LogP contribution in [0, 0.1) is 0 Å². The van der Waals surface area contributed by atoms with Crippen molar-refractivity contribution in [2.45, 2.75) is 0 Å². The van der Waals surface area contributed by atoms with Gasteiger partial charge in [-0.2, -0.15) is 0 Å². The zero-order valence-corrected chi connectivity index (χ0v) is 7.39. The molecule has 0 aromatic heterocycles. The normalized spacial score (nSPS) is 7.83. The van der Waals surface area contributed by atoms with Gasteiger partial charge in [0.05, 0.1) is 0 Å². The molecule has 0 saturated carbocycles. The van der Waals surface area contributed by atoms with Crippen LogP contribution >= 0.6 is 0 Å². The molecule has 0 atom stereocenters. The number of hydrogen-bond donors (Lipinski definition) is 0. The minimum atomic E-state index is 1.16. The van der Waals surface area contributed by atoms with Crippen LogP contribution < -0.4 is 0 Å². The van der Waals surface area contributed by atoms with Crippen LogP contribution in [-0.2, 0) is 0 Å². The van der Waals surface area contributed by atoms with Gasteiger partial charge >= 0.3 is 54.0 Å². The van der Waals surface area contributed by atoms with Gasteiger partial charge in [-0.1, -0.05) is 0 Å². The van der Waals surface area contributed by atoms with Crippen LogP contribution in [0.2, 0.25) is 0 Å². The first-order valence-corrected chi connectivity index (χ1v) is 3.34. The Kier molecular flexibility index (Phi) is 3.14. The molecule has 0 aliphatic carbocycles. The van der Waals surface area contributed by atoms with Crippen molar-refractivity contribution in [2.24, 2.45) is 0 Å². The van der Waals surface area contributed by atoms with Crippen molar-refractivity contribution in [1.82, 2.24) is 4.90 Å². The Hall–Kier alpha value is 0.709. The summed E-state index contributed by atoms with van der Waals surface area (Å²) in [4.78, 5) is 2.00. The zero-order chi connectivity index (χ0) is 5.15. The Morgan fingerprint density at radius 1 is 1.67 bits per heavy atom. The van der Waals surface area contributed by atoms with Crippen LogP contribution in [0.3, 0.4) is 0 Å². The van der Waals surface area contributed by atoms with Crippen LogP contribution in [0.4, 0.5) is 0 Å². The average Bonchev–Trinajstić information content (AvgIpc) is 1.36. The summed E-state index contributed by atoms with van der Waals surface area (Å²) in [6.07, 6.45) is 0. The molecule has 0 heterocycles. The third kappa shape index (κ3) is 2.92. The van der Waals surface area contributed by atoms with Gasteiger partial charge in [-0.25, -0.2) is 0 Å². The molecule has 36 valence electrons. The Bertz CT molecular complexity index is 59.8. The van der Waals surface area contributed by atoms with Crippen molar-refractivity contribution in [3.05, 3.63) is 0 Å². The first-order valence-electron chi connectivity index (χ1n) is 1.55. The number of rotatable bonds is 1. The standard InChI is InChI=1S/C3H7NSe2/c1-4(2)3(5)6/h1-2H3,(H,5,6). The summed E-state index contributed by atoms with van der Waals surface area (Å²) in [5.41, 5.74) is 0. The topological polar surface area (TPSA) is 3.24 Å². The summed E-state index contributed by atoms with van der Waals surface area (Å²) >= 11 is 5.28. The first kappa shape index (κ1) is 6.71. The third-order valence-corrected chi connectivity index (χ3v) is 1.99. The van der Waals surface area contributed by atoms with E-state index in [2.05, 4.69) is 31.6 Å². The monoisotopic (exact) mass is 217 g/mol. The molecule has 0 amide bonds. The summed E-state index contributed by atoms with van der Waals surface area (Å²) in [6.45, 7) is 0. The van der Waals surface area contributed by atoms with E-state index in [0.29, 0.717) is 0 Å². The van der Waals surface area contributed by atoms with E-state index in [1.165, 1.54) is 0 Å². The van der Waals surface area contributed by atoms with Gasteiger partial charge in [-0.3, -0.25) is 0 Å². The van der Waals surface area contributed by atoms with Gasteiger partial charge < -0.3 is 0 Å². The molecule has 0 rings (SSSR count). The van der Waals surface area contributed by atoms with Gasteiger partial charge in [0.2, 0.25) is 0 Å². The fraction of sp³-hybridized carbons (Fsp3) is 0.667. The van der Waals surface area contributed by atoms with E-state index in [9.17, 15) is 0 Å². The van der Waals surface area contributed by atoms with Gasteiger partial charge in [-0.05, 0) is 0 Å². The summed E-state index contributed by atoms with van der Waals surface area (Å²) in [5, 5.41) is 0. The molecule has 1 nitrogen and oxygen atoms in total. The second kappa shape index (κ2) is 2.81. The Morgan fingerprint density at radius 3 is 1.83 bits per heavy atom. The zero-order valence-electron chi connectivity index (χ0n) is 3.80. The van der Waals surface area contributed by atoms with Crippen molar-refractivity contribution < 1.29 is 0 Å². The van der Waals surface area contributed by atoms with Crippen molar-refractivity contribution in [3.8, 4) is 0 Å². The molecular formula is C3H7NSe2. The molecule has 0 unspecified atom stereocenters. The third-order valence-electron chi connectivity index (χ3n) is 0.383. The SMILES string of the molecule is CN(C)C(=[Se])[SeH]. The maximum absolute atomic E-state index is 2.85. The van der Waals surface area contributed by atoms with Gasteiger partial charge in [0.15, 0.2) is 0 Å². The van der Waals surface area contributed by atoms with E-state index in [-0.39, 0.29) is 0 Å². The number of nitrogens with zero attached hydrogens (tertiary/aromatic N) is 1. The molecule has 0 bridgehead atoms. The molecule has 0 N–H and O–H groups in total. The Morgan fingerprint density at radius 2 is 1.83 bits per heavy atom. The van der Waals surface area contributed by atoms with Crippen molar-refractivity contribution in [3.63, 3.8) is 0 Å². The van der Waals surface area contributed by atoms with E-state index in [0.717, 1.165) is 3.44 Å². The van der Waals surface area contributed by atoms with Crippen LogP contribution in [0.25, 0.3) is 0 Å². The minimum absolute atomic E-state index is 1.16. The molecule has 3 heteroatoms. The second-order valence-electron chi connectivity index (χ2n) is 1.18. The molecule has 0 aliphatic rings. The fourth-order valence-corrected chi connectivity index (χ4v) is 0. The summed E-state index contributed by atoms with van der Waals surface area (Å²) in [5.74, 6) is 0. The fourth-order valence-electron chi connectivity index (χ4n) is 0.